The van der Waals surface area contributed by atoms with Gasteiger partial charge in [-0.05, 0) is 67.4 Å². The van der Waals surface area contributed by atoms with Crippen molar-refractivity contribution in [2.75, 3.05) is 0 Å². The minimum absolute atomic E-state index is 0.0887. The fraction of sp³-hybridized carbons (Fsp3) is 0.0364. The lowest BCUT2D eigenvalue weighted by molar-refractivity contribution is 0.447. The number of amidine groups is 1. The van der Waals surface area contributed by atoms with Gasteiger partial charge in [0.15, 0.2) is 0 Å². The van der Waals surface area contributed by atoms with Crippen LogP contribution in [0.1, 0.15) is 45.0 Å². The molecule has 272 valence electrons. The number of ether oxygens (including phenoxy) is 1. The lowest BCUT2D eigenvalue weighted by Gasteiger charge is -2.40. The molecule has 1 aliphatic carbocycles. The van der Waals surface area contributed by atoms with Crippen LogP contribution in [0.5, 0.6) is 11.5 Å². The molecule has 9 aromatic rings. The van der Waals surface area contributed by atoms with E-state index in [1.807, 2.05) is 0 Å². The number of hydrogen-bond donors (Lipinski definition) is 1. The van der Waals surface area contributed by atoms with Crippen molar-refractivity contribution in [3.8, 4) is 33.8 Å². The molecule has 0 amide bonds. The highest BCUT2D eigenvalue weighted by Crippen LogP contribution is 2.64. The van der Waals surface area contributed by atoms with Gasteiger partial charge in [-0.1, -0.05) is 194 Å². The Bertz CT molecular complexity index is 3080. The van der Waals surface area contributed by atoms with Gasteiger partial charge < -0.3 is 10.1 Å². The predicted octanol–water partition coefficient (Wildman–Crippen LogP) is 13.3. The number of benzene rings is 9. The van der Waals surface area contributed by atoms with Gasteiger partial charge >= 0.3 is 0 Å². The Labute approximate surface area is 337 Å². The molecule has 0 bridgehead atoms. The van der Waals surface area contributed by atoms with Gasteiger partial charge in [-0.3, -0.25) is 0 Å². The lowest BCUT2D eigenvalue weighted by atomic mass is 9.65. The van der Waals surface area contributed by atoms with Crippen LogP contribution in [0.15, 0.2) is 211 Å². The van der Waals surface area contributed by atoms with Crippen molar-refractivity contribution in [3.63, 3.8) is 0 Å². The second kappa shape index (κ2) is 12.8. The molecule has 0 saturated heterocycles. The number of fused-ring (bicyclic) bond motifs is 13. The molecule has 1 unspecified atom stereocenters. The zero-order valence-electron chi connectivity index (χ0n) is 31.6. The molecular weight excluding hydrogens is 705 g/mol. The van der Waals surface area contributed by atoms with Crippen LogP contribution < -0.4 is 10.1 Å². The van der Waals surface area contributed by atoms with Crippen molar-refractivity contribution >= 4 is 33.1 Å². The summed E-state index contributed by atoms with van der Waals surface area (Å²) in [6, 6.07) is 72.1. The van der Waals surface area contributed by atoms with Gasteiger partial charge in [0.05, 0.1) is 17.2 Å². The molecule has 1 N–H and O–H groups in total. The summed E-state index contributed by atoms with van der Waals surface area (Å²) < 4.78 is 7.19. The van der Waals surface area contributed by atoms with Gasteiger partial charge in [0, 0.05) is 27.5 Å². The third-order valence-corrected chi connectivity index (χ3v) is 12.4. The van der Waals surface area contributed by atoms with E-state index < -0.39 is 5.41 Å². The summed E-state index contributed by atoms with van der Waals surface area (Å²) in [6.07, 6.45) is 2.25. The van der Waals surface area contributed by atoms with Gasteiger partial charge in [-0.2, -0.15) is 0 Å². The largest absolute Gasteiger partial charge is 0.455 e. The van der Waals surface area contributed by atoms with Crippen LogP contribution in [0, 0.1) is 0 Å². The van der Waals surface area contributed by atoms with Gasteiger partial charge in [-0.25, -0.2) is 4.99 Å². The molecule has 2 aliphatic heterocycles. The predicted molar refractivity (Wildman–Crippen MR) is 238 cm³/mol. The molecule has 58 heavy (non-hydrogen) atoms. The fourth-order valence-corrected chi connectivity index (χ4v) is 9.70. The summed E-state index contributed by atoms with van der Waals surface area (Å²) in [5.41, 5.74) is 13.3. The molecule has 3 aliphatic rings. The molecule has 0 fully saturated rings. The van der Waals surface area contributed by atoms with E-state index in [0.717, 1.165) is 66.8 Å². The van der Waals surface area contributed by atoms with Crippen LogP contribution in [-0.4, -0.2) is 5.84 Å². The van der Waals surface area contributed by atoms with Crippen LogP contribution >= 0.6 is 0 Å². The highest BCUT2D eigenvalue weighted by molar-refractivity contribution is 6.06. The van der Waals surface area contributed by atoms with Crippen molar-refractivity contribution in [3.05, 3.63) is 245 Å². The smallest absolute Gasteiger partial charge is 0.140 e. The van der Waals surface area contributed by atoms with E-state index in [1.165, 1.54) is 38.9 Å². The maximum absolute atomic E-state index is 7.19. The second-order valence-electron chi connectivity index (χ2n) is 15.5. The highest BCUT2D eigenvalue weighted by atomic mass is 16.5. The summed E-state index contributed by atoms with van der Waals surface area (Å²) in [7, 11) is 0. The van der Waals surface area contributed by atoms with Gasteiger partial charge in [0.2, 0.25) is 0 Å². The molecule has 1 spiro atoms. The summed E-state index contributed by atoms with van der Waals surface area (Å²) in [6.45, 7) is 0. The molecule has 0 radical (unpaired) electrons. The molecule has 0 saturated carbocycles. The minimum Gasteiger partial charge on any atom is -0.455 e. The summed E-state index contributed by atoms with van der Waals surface area (Å²) in [5.74, 6) is 2.67. The molecule has 0 aromatic heterocycles. The third kappa shape index (κ3) is 4.83. The Kier molecular flexibility index (Phi) is 7.21. The topological polar surface area (TPSA) is 33.6 Å². The van der Waals surface area contributed by atoms with E-state index in [2.05, 4.69) is 212 Å². The van der Waals surface area contributed by atoms with Crippen LogP contribution in [0.3, 0.4) is 0 Å². The van der Waals surface area contributed by atoms with Crippen LogP contribution in [0.2, 0.25) is 0 Å². The number of rotatable bonds is 4. The third-order valence-electron chi connectivity index (χ3n) is 12.4. The summed E-state index contributed by atoms with van der Waals surface area (Å²) in [5, 5.41) is 8.41. The van der Waals surface area contributed by atoms with Gasteiger partial charge in [0.25, 0.3) is 0 Å². The first-order valence-corrected chi connectivity index (χ1v) is 20.0. The second-order valence-corrected chi connectivity index (χ2v) is 15.5. The normalized spacial score (nSPS) is 15.7. The van der Waals surface area contributed by atoms with Crippen LogP contribution in [-0.2, 0) is 5.41 Å². The minimum atomic E-state index is -0.640. The fourth-order valence-electron chi connectivity index (χ4n) is 9.70. The van der Waals surface area contributed by atoms with Gasteiger partial charge in [-0.15, -0.1) is 0 Å². The zero-order valence-corrected chi connectivity index (χ0v) is 31.6. The van der Waals surface area contributed by atoms with Crippen molar-refractivity contribution in [2.24, 2.45) is 4.99 Å². The number of nitrogens with one attached hydrogen (secondary N) is 1. The van der Waals surface area contributed by atoms with E-state index in [-0.39, 0.29) is 6.04 Å². The molecule has 2 heterocycles. The van der Waals surface area contributed by atoms with E-state index >= 15 is 0 Å². The van der Waals surface area contributed by atoms with Crippen LogP contribution in [0.25, 0.3) is 49.5 Å². The quantitative estimate of drug-likeness (QED) is 0.195. The van der Waals surface area contributed by atoms with Crippen LogP contribution in [0.4, 0.5) is 0 Å². The van der Waals surface area contributed by atoms with E-state index in [0.29, 0.717) is 0 Å². The average Bonchev–Trinajstić information content (AvgIpc) is 3.59. The molecule has 1 atom stereocenters. The summed E-state index contributed by atoms with van der Waals surface area (Å²) >= 11 is 0. The van der Waals surface area contributed by atoms with Crippen molar-refractivity contribution < 1.29 is 4.74 Å². The SMILES string of the molecule is C1=C(c2ccccc2)N=C(c2ccc3c(c2)C2(c4ccccc4-3)c3ccc4ccccc4c3Oc3c2ccc2ccccc32)NC1c1ccc(-c2ccccc2)cc1. The zero-order chi connectivity index (χ0) is 38.2. The Morgan fingerprint density at radius 2 is 0.983 bits per heavy atom. The Balaban J connectivity index is 1.07. The summed E-state index contributed by atoms with van der Waals surface area (Å²) in [4.78, 5) is 5.38. The molecule has 3 heteroatoms. The van der Waals surface area contributed by atoms with E-state index in [9.17, 15) is 0 Å². The monoisotopic (exact) mass is 740 g/mol. The number of hydrogen-bond acceptors (Lipinski definition) is 3. The lowest BCUT2D eigenvalue weighted by Crippen LogP contribution is -2.34. The number of nitrogens with zero attached hydrogens (tertiary/aromatic N) is 1. The van der Waals surface area contributed by atoms with Crippen molar-refractivity contribution in [1.29, 1.82) is 0 Å². The van der Waals surface area contributed by atoms with Crippen molar-refractivity contribution in [2.45, 2.75) is 11.5 Å². The number of aliphatic imine (C=N–C) groups is 1. The highest BCUT2D eigenvalue weighted by Gasteiger charge is 2.52. The first kappa shape index (κ1) is 32.7. The van der Waals surface area contributed by atoms with E-state index in [1.54, 1.807) is 0 Å². The average molecular weight is 741 g/mol. The van der Waals surface area contributed by atoms with Gasteiger partial charge in [0.1, 0.15) is 17.3 Å². The Morgan fingerprint density at radius 1 is 0.431 bits per heavy atom. The molecule has 12 rings (SSSR count). The van der Waals surface area contributed by atoms with Crippen molar-refractivity contribution in [1.82, 2.24) is 5.32 Å². The van der Waals surface area contributed by atoms with E-state index in [4.69, 9.17) is 9.73 Å². The molecular formula is C55H36N2O. The maximum atomic E-state index is 7.19. The molecule has 3 nitrogen and oxygen atoms in total. The Hall–Kier alpha value is -7.49. The first-order valence-electron chi connectivity index (χ1n) is 20.0. The standard InChI is InChI=1S/C55H36N2O/c1-3-13-35(14-4-1)36-23-25-40(26-24-36)51-34-50(39-17-5-2-6-18-39)56-54(57-51)41-27-30-45-44-21-11-12-22-46(44)55(49(45)33-41)47-31-28-37-15-7-9-19-42(37)52(47)58-53-43-20-10-8-16-38(43)29-32-48(53)55/h1-34,51H,(H,56,57). The Morgan fingerprint density at radius 3 is 1.67 bits per heavy atom. The molecule has 9 aromatic carbocycles. The first-order chi connectivity index (χ1) is 28.7. The maximum Gasteiger partial charge on any atom is 0.140 e.